The molecule has 2 aromatic carbocycles. The van der Waals surface area contributed by atoms with Gasteiger partial charge in [0.05, 0.1) is 5.02 Å². The first kappa shape index (κ1) is 16.6. The highest BCUT2D eigenvalue weighted by Crippen LogP contribution is 2.35. The van der Waals surface area contributed by atoms with Gasteiger partial charge in [-0.2, -0.15) is 10.4 Å². The Morgan fingerprint density at radius 2 is 1.96 bits per heavy atom. The van der Waals surface area contributed by atoms with E-state index in [0.717, 1.165) is 0 Å². The molecule has 0 saturated carbocycles. The van der Waals surface area contributed by atoms with Crippen LogP contribution in [0.2, 0.25) is 10.0 Å². The monoisotopic (exact) mass is 347 g/mol. The molecule has 0 aliphatic heterocycles. The van der Waals surface area contributed by atoms with Crippen molar-refractivity contribution in [2.24, 2.45) is 10.8 Å². The molecule has 4 N–H and O–H groups in total. The van der Waals surface area contributed by atoms with Gasteiger partial charge in [0.15, 0.2) is 11.6 Å². The second kappa shape index (κ2) is 7.49. The van der Waals surface area contributed by atoms with Crippen LogP contribution in [-0.2, 0) is 0 Å². The summed E-state index contributed by atoms with van der Waals surface area (Å²) in [5.74, 6) is 0.401. The average Bonchev–Trinajstić information content (AvgIpc) is 2.52. The average molecular weight is 348 g/mol. The fourth-order valence-electron chi connectivity index (χ4n) is 1.59. The minimum absolute atomic E-state index is 0.256. The summed E-state index contributed by atoms with van der Waals surface area (Å²) in [5, 5.41) is 20.7. The van der Waals surface area contributed by atoms with E-state index >= 15 is 0 Å². The Labute approximate surface area is 142 Å². The van der Waals surface area contributed by atoms with E-state index < -0.39 is 5.84 Å². The number of amidine groups is 1. The summed E-state index contributed by atoms with van der Waals surface area (Å²) >= 11 is 12.0. The quantitative estimate of drug-likeness (QED) is 0.431. The predicted molar refractivity (Wildman–Crippen MR) is 91.6 cm³/mol. The zero-order valence-electron chi connectivity index (χ0n) is 11.7. The van der Waals surface area contributed by atoms with Gasteiger partial charge in [-0.3, -0.25) is 10.8 Å². The normalized spacial score (nSPS) is 10.7. The molecule has 116 valence electrons. The fraction of sp³-hybridized carbons (Fsp3) is 0. The number of anilines is 1. The van der Waals surface area contributed by atoms with Crippen LogP contribution in [0.5, 0.6) is 11.5 Å². The summed E-state index contributed by atoms with van der Waals surface area (Å²) in [6.07, 6.45) is 0. The molecule has 0 bridgehead atoms. The topological polar surface area (TPSA) is 107 Å². The zero-order valence-corrected chi connectivity index (χ0v) is 13.2. The van der Waals surface area contributed by atoms with Crippen LogP contribution in [0.3, 0.4) is 0 Å². The Bertz CT molecular complexity index is 814. The van der Waals surface area contributed by atoms with E-state index in [2.05, 4.69) is 10.5 Å². The first-order valence-electron chi connectivity index (χ1n) is 6.31. The maximum Gasteiger partial charge on any atom is 0.201 e. The highest BCUT2D eigenvalue weighted by atomic mass is 35.5. The number of benzene rings is 2. The van der Waals surface area contributed by atoms with Crippen molar-refractivity contribution in [1.82, 2.24) is 0 Å². The molecule has 0 atom stereocenters. The number of hydrazone groups is 1. The number of para-hydroxylation sites is 1. The molecule has 0 spiro atoms. The van der Waals surface area contributed by atoms with E-state index in [1.165, 1.54) is 0 Å². The third-order valence-electron chi connectivity index (χ3n) is 2.65. The van der Waals surface area contributed by atoms with Crippen LogP contribution in [0.1, 0.15) is 0 Å². The number of halogens is 2. The Kier molecular flexibility index (Phi) is 5.41. The number of nitrogens with one attached hydrogen (secondary N) is 2. The van der Waals surface area contributed by atoms with E-state index in [1.807, 2.05) is 0 Å². The molecule has 23 heavy (non-hydrogen) atoms. The molecule has 0 fully saturated rings. The van der Waals surface area contributed by atoms with Crippen LogP contribution >= 0.6 is 23.2 Å². The van der Waals surface area contributed by atoms with Gasteiger partial charge < -0.3 is 10.5 Å². The molecule has 0 heterocycles. The van der Waals surface area contributed by atoms with Crippen LogP contribution in [0.4, 0.5) is 5.69 Å². The molecule has 0 aromatic heterocycles. The predicted octanol–water partition coefficient (Wildman–Crippen LogP) is 4.01. The number of hydrogen-bond acceptors (Lipinski definition) is 5. The van der Waals surface area contributed by atoms with E-state index in [9.17, 15) is 0 Å². The Balaban J connectivity index is 2.33. The number of nitriles is 1. The molecule has 0 radical (unpaired) electrons. The first-order valence-corrected chi connectivity index (χ1v) is 7.07. The van der Waals surface area contributed by atoms with Gasteiger partial charge in [0.2, 0.25) is 5.71 Å². The summed E-state index contributed by atoms with van der Waals surface area (Å²) in [5.41, 5.74) is 8.00. The minimum atomic E-state index is -0.449. The van der Waals surface area contributed by atoms with Gasteiger partial charge in [0.1, 0.15) is 17.5 Å². The van der Waals surface area contributed by atoms with E-state index in [4.69, 9.17) is 44.3 Å². The molecular weight excluding hydrogens is 337 g/mol. The lowest BCUT2D eigenvalue weighted by Gasteiger charge is -2.12. The Morgan fingerprint density at radius 1 is 1.22 bits per heavy atom. The summed E-state index contributed by atoms with van der Waals surface area (Å²) < 4.78 is 5.73. The van der Waals surface area contributed by atoms with Crippen molar-refractivity contribution in [3.63, 3.8) is 0 Å². The molecule has 0 amide bonds. The van der Waals surface area contributed by atoms with Crippen LogP contribution < -0.4 is 15.9 Å². The van der Waals surface area contributed by atoms with Gasteiger partial charge in [-0.15, -0.1) is 0 Å². The number of rotatable bonds is 5. The van der Waals surface area contributed by atoms with Crippen LogP contribution in [0, 0.1) is 16.7 Å². The molecule has 0 aliphatic rings. The van der Waals surface area contributed by atoms with E-state index in [1.54, 1.807) is 48.5 Å². The minimum Gasteiger partial charge on any atom is -0.454 e. The van der Waals surface area contributed by atoms with Crippen molar-refractivity contribution in [2.75, 3.05) is 5.43 Å². The lowest BCUT2D eigenvalue weighted by atomic mass is 10.3. The van der Waals surface area contributed by atoms with Crippen molar-refractivity contribution in [3.8, 4) is 17.6 Å². The van der Waals surface area contributed by atoms with Crippen LogP contribution in [0.25, 0.3) is 0 Å². The molecule has 0 unspecified atom stereocenters. The summed E-state index contributed by atoms with van der Waals surface area (Å²) in [7, 11) is 0. The number of ether oxygens (including phenoxy) is 1. The lowest BCUT2D eigenvalue weighted by Crippen LogP contribution is -2.21. The van der Waals surface area contributed by atoms with Crippen molar-refractivity contribution in [2.45, 2.75) is 0 Å². The van der Waals surface area contributed by atoms with Crippen LogP contribution in [-0.4, -0.2) is 11.5 Å². The summed E-state index contributed by atoms with van der Waals surface area (Å²) in [6, 6.07) is 13.5. The van der Waals surface area contributed by atoms with Crippen LogP contribution in [0.15, 0.2) is 47.6 Å². The van der Waals surface area contributed by atoms with Gasteiger partial charge >= 0.3 is 0 Å². The van der Waals surface area contributed by atoms with Gasteiger partial charge in [-0.05, 0) is 30.3 Å². The highest BCUT2D eigenvalue weighted by molar-refractivity contribution is 6.45. The van der Waals surface area contributed by atoms with Gasteiger partial charge in [0, 0.05) is 5.02 Å². The van der Waals surface area contributed by atoms with E-state index in [0.29, 0.717) is 27.2 Å². The zero-order chi connectivity index (χ0) is 16.8. The van der Waals surface area contributed by atoms with Gasteiger partial charge in [0.25, 0.3) is 0 Å². The molecular formula is C15H11Cl2N5O. The maximum absolute atomic E-state index is 8.85. The van der Waals surface area contributed by atoms with Crippen molar-refractivity contribution >= 4 is 40.4 Å². The van der Waals surface area contributed by atoms with Crippen molar-refractivity contribution < 1.29 is 4.74 Å². The lowest BCUT2D eigenvalue weighted by molar-refractivity contribution is 0.485. The number of nitrogens with zero attached hydrogens (tertiary/aromatic N) is 2. The third kappa shape index (κ3) is 4.36. The van der Waals surface area contributed by atoms with Gasteiger partial charge in [-0.1, -0.05) is 35.3 Å². The molecule has 2 rings (SSSR count). The van der Waals surface area contributed by atoms with Crippen molar-refractivity contribution in [1.29, 1.82) is 10.7 Å². The van der Waals surface area contributed by atoms with Crippen molar-refractivity contribution in [3.05, 3.63) is 52.5 Å². The SMILES string of the molecule is N#C/C(=N\Nc1cc(Cl)ccc1Oc1ccccc1Cl)C(=N)N. The largest absolute Gasteiger partial charge is 0.454 e. The second-order valence-electron chi connectivity index (χ2n) is 4.27. The summed E-state index contributed by atoms with van der Waals surface area (Å²) in [4.78, 5) is 0. The number of nitrogens with two attached hydrogens (primary N) is 1. The maximum atomic E-state index is 8.85. The molecule has 8 heteroatoms. The Hall–Kier alpha value is -2.75. The second-order valence-corrected chi connectivity index (χ2v) is 5.11. The molecule has 6 nitrogen and oxygen atoms in total. The summed E-state index contributed by atoms with van der Waals surface area (Å²) in [6.45, 7) is 0. The standard InChI is InChI=1S/C15H11Cl2N5O/c16-9-5-6-14(23-13-4-2-1-3-10(13)17)11(7-9)21-22-12(8-18)15(19)20/h1-7,21H,(H3,19,20)/b22-12+. The first-order chi connectivity index (χ1) is 11.0. The van der Waals surface area contributed by atoms with Gasteiger partial charge in [-0.25, -0.2) is 0 Å². The smallest absolute Gasteiger partial charge is 0.201 e. The molecule has 0 saturated heterocycles. The Morgan fingerprint density at radius 3 is 2.61 bits per heavy atom. The third-order valence-corrected chi connectivity index (χ3v) is 3.19. The van der Waals surface area contributed by atoms with E-state index in [-0.39, 0.29) is 5.71 Å². The fourth-order valence-corrected chi connectivity index (χ4v) is 1.93. The highest BCUT2D eigenvalue weighted by Gasteiger charge is 2.09. The molecule has 2 aromatic rings. The molecule has 0 aliphatic carbocycles. The number of hydrogen-bond donors (Lipinski definition) is 3.